The maximum atomic E-state index is 12.8. The zero-order valence-corrected chi connectivity index (χ0v) is 16.1. The third-order valence-electron chi connectivity index (χ3n) is 4.11. The predicted octanol–water partition coefficient (Wildman–Crippen LogP) is 5.47. The third-order valence-corrected chi connectivity index (χ3v) is 4.82. The number of anilines is 1. The summed E-state index contributed by atoms with van der Waals surface area (Å²) in [5.74, 6) is -0.832. The van der Waals surface area contributed by atoms with E-state index in [1.54, 1.807) is 18.2 Å². The number of benzene rings is 2. The molecule has 0 aliphatic heterocycles. The Labute approximate surface area is 173 Å². The Kier molecular flexibility index (Phi) is 6.00. The molecule has 4 nitrogen and oxygen atoms in total. The first-order valence-electron chi connectivity index (χ1n) is 8.28. The van der Waals surface area contributed by atoms with Gasteiger partial charge in [0, 0.05) is 27.4 Å². The first-order valence-corrected chi connectivity index (χ1v) is 9.03. The summed E-state index contributed by atoms with van der Waals surface area (Å²) in [7, 11) is 0. The number of carbonyl (C=O) groups excluding carboxylic acids is 1. The highest BCUT2D eigenvalue weighted by atomic mass is 35.5. The Morgan fingerprint density at radius 2 is 1.66 bits per heavy atom. The van der Waals surface area contributed by atoms with E-state index in [0.717, 1.165) is 18.2 Å². The van der Waals surface area contributed by atoms with Crippen molar-refractivity contribution in [3.8, 4) is 0 Å². The molecule has 2 aromatic carbocycles. The lowest BCUT2D eigenvalue weighted by Gasteiger charge is -2.12. The number of hydrogen-bond acceptors (Lipinski definition) is 2. The fourth-order valence-electron chi connectivity index (χ4n) is 2.64. The van der Waals surface area contributed by atoms with Gasteiger partial charge in [-0.05, 0) is 42.5 Å². The summed E-state index contributed by atoms with van der Waals surface area (Å²) in [6, 6.07) is 11.8. The summed E-state index contributed by atoms with van der Waals surface area (Å²) < 4.78 is 39.8. The highest BCUT2D eigenvalue weighted by Crippen LogP contribution is 2.29. The van der Waals surface area contributed by atoms with Gasteiger partial charge in [-0.25, -0.2) is 0 Å². The molecule has 0 aliphatic rings. The standard InChI is InChI=1S/C20H13Cl2F3N2O2/c21-15-6-2-7-16(22)14(15)11-27-9-3-8-17(19(27)29)26-18(28)12-4-1-5-13(10-12)20(23,24)25/h1-10H,11H2,(H,26,28). The van der Waals surface area contributed by atoms with E-state index in [1.807, 2.05) is 0 Å². The molecule has 0 saturated carbocycles. The lowest BCUT2D eigenvalue weighted by atomic mass is 10.1. The van der Waals surface area contributed by atoms with Crippen LogP contribution in [0.1, 0.15) is 21.5 Å². The highest BCUT2D eigenvalue weighted by Gasteiger charge is 2.31. The van der Waals surface area contributed by atoms with E-state index in [1.165, 1.54) is 29.0 Å². The minimum Gasteiger partial charge on any atom is -0.317 e. The largest absolute Gasteiger partial charge is 0.416 e. The molecular formula is C20H13Cl2F3N2O2. The summed E-state index contributed by atoms with van der Waals surface area (Å²) in [6.07, 6.45) is -3.09. The van der Waals surface area contributed by atoms with Crippen molar-refractivity contribution in [3.63, 3.8) is 0 Å². The predicted molar refractivity (Wildman–Crippen MR) is 106 cm³/mol. The van der Waals surface area contributed by atoms with E-state index in [-0.39, 0.29) is 17.8 Å². The van der Waals surface area contributed by atoms with Gasteiger partial charge in [0.1, 0.15) is 5.69 Å². The van der Waals surface area contributed by atoms with Gasteiger partial charge < -0.3 is 9.88 Å². The maximum absolute atomic E-state index is 12.8. The van der Waals surface area contributed by atoms with Crippen LogP contribution < -0.4 is 10.9 Å². The van der Waals surface area contributed by atoms with Gasteiger partial charge in [-0.2, -0.15) is 13.2 Å². The van der Waals surface area contributed by atoms with Crippen LogP contribution in [0.2, 0.25) is 10.0 Å². The van der Waals surface area contributed by atoms with Gasteiger partial charge in [-0.1, -0.05) is 35.3 Å². The average Bonchev–Trinajstić information content (AvgIpc) is 2.67. The Morgan fingerprint density at radius 3 is 2.31 bits per heavy atom. The number of nitrogens with zero attached hydrogens (tertiary/aromatic N) is 1. The molecule has 9 heteroatoms. The Morgan fingerprint density at radius 1 is 1.00 bits per heavy atom. The smallest absolute Gasteiger partial charge is 0.317 e. The van der Waals surface area contributed by atoms with E-state index < -0.39 is 23.2 Å². The van der Waals surface area contributed by atoms with E-state index in [0.29, 0.717) is 15.6 Å². The fourth-order valence-corrected chi connectivity index (χ4v) is 3.16. The van der Waals surface area contributed by atoms with Crippen LogP contribution in [0.15, 0.2) is 65.6 Å². The number of rotatable bonds is 4. The number of nitrogens with one attached hydrogen (secondary N) is 1. The van der Waals surface area contributed by atoms with Crippen LogP contribution >= 0.6 is 23.2 Å². The minimum atomic E-state index is -4.58. The second kappa shape index (κ2) is 8.31. The first-order chi connectivity index (χ1) is 13.7. The molecule has 1 heterocycles. The van der Waals surface area contributed by atoms with Crippen LogP contribution in [0.5, 0.6) is 0 Å². The first kappa shape index (κ1) is 21.0. The van der Waals surface area contributed by atoms with E-state index in [2.05, 4.69) is 5.32 Å². The number of hydrogen-bond donors (Lipinski definition) is 1. The summed E-state index contributed by atoms with van der Waals surface area (Å²) in [5, 5.41) is 3.11. The molecule has 0 radical (unpaired) electrons. The number of halogens is 5. The Bertz CT molecular complexity index is 1110. The van der Waals surface area contributed by atoms with Gasteiger partial charge in [-0.3, -0.25) is 9.59 Å². The van der Waals surface area contributed by atoms with E-state index in [9.17, 15) is 22.8 Å². The van der Waals surface area contributed by atoms with Gasteiger partial charge in [0.2, 0.25) is 0 Å². The van der Waals surface area contributed by atoms with Gasteiger partial charge in [0.25, 0.3) is 11.5 Å². The summed E-state index contributed by atoms with van der Waals surface area (Å²) >= 11 is 12.3. The lowest BCUT2D eigenvalue weighted by molar-refractivity contribution is -0.137. The Hall–Kier alpha value is -2.77. The number of aromatic nitrogens is 1. The summed E-state index contributed by atoms with van der Waals surface area (Å²) in [5.41, 5.74) is -1.28. The number of pyridine rings is 1. The van der Waals surface area contributed by atoms with Gasteiger partial charge >= 0.3 is 6.18 Å². The van der Waals surface area contributed by atoms with Gasteiger partial charge in [0.15, 0.2) is 0 Å². The topological polar surface area (TPSA) is 51.1 Å². The van der Waals surface area contributed by atoms with Crippen LogP contribution in [0, 0.1) is 0 Å². The number of carbonyl (C=O) groups is 1. The van der Waals surface area contributed by atoms with Crippen molar-refractivity contribution in [1.29, 1.82) is 0 Å². The molecule has 0 bridgehead atoms. The van der Waals surface area contributed by atoms with Crippen molar-refractivity contribution >= 4 is 34.8 Å². The van der Waals surface area contributed by atoms with Crippen molar-refractivity contribution in [2.45, 2.75) is 12.7 Å². The van der Waals surface area contributed by atoms with Crippen molar-refractivity contribution in [2.75, 3.05) is 5.32 Å². The number of amides is 1. The maximum Gasteiger partial charge on any atom is 0.416 e. The van der Waals surface area contributed by atoms with Crippen molar-refractivity contribution in [1.82, 2.24) is 4.57 Å². The lowest BCUT2D eigenvalue weighted by Crippen LogP contribution is -2.26. The molecule has 150 valence electrons. The zero-order valence-electron chi connectivity index (χ0n) is 14.6. The van der Waals surface area contributed by atoms with Crippen LogP contribution in [0.4, 0.5) is 18.9 Å². The molecular weight excluding hydrogens is 428 g/mol. The fraction of sp³-hybridized carbons (Fsp3) is 0.100. The molecule has 3 rings (SSSR count). The average molecular weight is 441 g/mol. The summed E-state index contributed by atoms with van der Waals surface area (Å²) in [6.45, 7) is 0.0601. The van der Waals surface area contributed by atoms with Crippen molar-refractivity contribution in [3.05, 3.63) is 97.9 Å². The van der Waals surface area contributed by atoms with Gasteiger partial charge in [0.05, 0.1) is 12.1 Å². The second-order valence-electron chi connectivity index (χ2n) is 6.09. The quantitative estimate of drug-likeness (QED) is 0.584. The van der Waals surface area contributed by atoms with Crippen LogP contribution in [-0.4, -0.2) is 10.5 Å². The number of alkyl halides is 3. The molecule has 3 aromatic rings. The molecule has 0 atom stereocenters. The third kappa shape index (κ3) is 4.81. The molecule has 0 spiro atoms. The van der Waals surface area contributed by atoms with Crippen molar-refractivity contribution in [2.24, 2.45) is 0 Å². The molecule has 0 fully saturated rings. The molecule has 1 N–H and O–H groups in total. The molecule has 0 unspecified atom stereocenters. The monoisotopic (exact) mass is 440 g/mol. The van der Waals surface area contributed by atoms with Crippen LogP contribution in [0.25, 0.3) is 0 Å². The van der Waals surface area contributed by atoms with Gasteiger partial charge in [-0.15, -0.1) is 0 Å². The van der Waals surface area contributed by atoms with Crippen LogP contribution in [0.3, 0.4) is 0 Å². The molecule has 1 aromatic heterocycles. The van der Waals surface area contributed by atoms with E-state index >= 15 is 0 Å². The van der Waals surface area contributed by atoms with E-state index in [4.69, 9.17) is 23.2 Å². The zero-order chi connectivity index (χ0) is 21.2. The highest BCUT2D eigenvalue weighted by molar-refractivity contribution is 6.35. The Balaban J connectivity index is 1.87. The second-order valence-corrected chi connectivity index (χ2v) is 6.90. The molecule has 1 amide bonds. The molecule has 29 heavy (non-hydrogen) atoms. The summed E-state index contributed by atoms with van der Waals surface area (Å²) in [4.78, 5) is 25.0. The molecule has 0 aliphatic carbocycles. The van der Waals surface area contributed by atoms with Crippen molar-refractivity contribution < 1.29 is 18.0 Å². The normalized spacial score (nSPS) is 11.3. The molecule has 0 saturated heterocycles. The van der Waals surface area contributed by atoms with Crippen LogP contribution in [-0.2, 0) is 12.7 Å². The SMILES string of the molecule is O=C(Nc1cccn(Cc2c(Cl)cccc2Cl)c1=O)c1cccc(C(F)(F)F)c1. The minimum absolute atomic E-state index is 0.0601.